The minimum Gasteiger partial charge on any atom is -0.399 e. The predicted molar refractivity (Wildman–Crippen MR) is 59.4 cm³/mol. The minimum absolute atomic E-state index is 0.710. The van der Waals surface area contributed by atoms with E-state index in [1.807, 2.05) is 12.1 Å². The zero-order valence-corrected chi connectivity index (χ0v) is 8.37. The number of benzene rings is 1. The molecule has 0 radical (unpaired) electrons. The number of nitrogens with zero attached hydrogens (tertiary/aromatic N) is 1. The van der Waals surface area contributed by atoms with Gasteiger partial charge in [-0.1, -0.05) is 0 Å². The van der Waals surface area contributed by atoms with Crippen molar-refractivity contribution in [3.05, 3.63) is 24.3 Å². The van der Waals surface area contributed by atoms with Gasteiger partial charge in [-0.2, -0.15) is 0 Å². The maximum Gasteiger partial charge on any atom is 0.0367 e. The van der Waals surface area contributed by atoms with Crippen molar-refractivity contribution in [1.29, 1.82) is 0 Å². The van der Waals surface area contributed by atoms with E-state index in [1.165, 1.54) is 38.0 Å². The molecular formula is C12H16N2. The lowest BCUT2D eigenvalue weighted by molar-refractivity contribution is 0.581. The summed E-state index contributed by atoms with van der Waals surface area (Å²) in [6.07, 6.45) is 4.27. The predicted octanol–water partition coefficient (Wildman–Crippen LogP) is 2.26. The summed E-state index contributed by atoms with van der Waals surface area (Å²) in [5, 5.41) is 0. The van der Waals surface area contributed by atoms with Gasteiger partial charge >= 0.3 is 0 Å². The summed E-state index contributed by atoms with van der Waals surface area (Å²) < 4.78 is 0. The molecule has 2 nitrogen and oxygen atoms in total. The Morgan fingerprint density at radius 2 is 1.79 bits per heavy atom. The minimum atomic E-state index is 0.710. The van der Waals surface area contributed by atoms with Crippen LogP contribution < -0.4 is 10.6 Å². The van der Waals surface area contributed by atoms with Crippen LogP contribution in [0.3, 0.4) is 0 Å². The molecule has 1 aromatic rings. The van der Waals surface area contributed by atoms with Crippen LogP contribution >= 0.6 is 0 Å². The van der Waals surface area contributed by atoms with Crippen molar-refractivity contribution in [2.45, 2.75) is 19.3 Å². The maximum absolute atomic E-state index is 5.67. The molecule has 0 atom stereocenters. The molecular weight excluding hydrogens is 172 g/mol. The van der Waals surface area contributed by atoms with Crippen LogP contribution in [0.4, 0.5) is 11.4 Å². The second-order valence-electron chi connectivity index (χ2n) is 4.76. The van der Waals surface area contributed by atoms with Crippen molar-refractivity contribution in [3.8, 4) is 0 Å². The van der Waals surface area contributed by atoms with Crippen LogP contribution in [-0.4, -0.2) is 13.1 Å². The lowest BCUT2D eigenvalue weighted by Crippen LogP contribution is -2.19. The van der Waals surface area contributed by atoms with Gasteiger partial charge in [0.15, 0.2) is 0 Å². The monoisotopic (exact) mass is 188 g/mol. The van der Waals surface area contributed by atoms with Gasteiger partial charge in [-0.05, 0) is 48.9 Å². The van der Waals surface area contributed by atoms with Crippen molar-refractivity contribution in [2.24, 2.45) is 5.41 Å². The quantitative estimate of drug-likeness (QED) is 0.685. The summed E-state index contributed by atoms with van der Waals surface area (Å²) >= 11 is 0. The summed E-state index contributed by atoms with van der Waals surface area (Å²) in [6, 6.07) is 8.26. The van der Waals surface area contributed by atoms with Crippen LogP contribution in [0.2, 0.25) is 0 Å². The Bertz CT molecular complexity index is 338. The summed E-state index contributed by atoms with van der Waals surface area (Å²) in [5.74, 6) is 0. The largest absolute Gasteiger partial charge is 0.399 e. The Balaban J connectivity index is 1.79. The molecule has 1 aromatic carbocycles. The van der Waals surface area contributed by atoms with Gasteiger partial charge in [-0.25, -0.2) is 0 Å². The van der Waals surface area contributed by atoms with E-state index in [2.05, 4.69) is 17.0 Å². The van der Waals surface area contributed by atoms with E-state index in [1.54, 1.807) is 0 Å². The molecule has 2 heteroatoms. The van der Waals surface area contributed by atoms with Crippen LogP contribution in [0.1, 0.15) is 19.3 Å². The summed E-state index contributed by atoms with van der Waals surface area (Å²) in [4.78, 5) is 2.49. The summed E-state index contributed by atoms with van der Waals surface area (Å²) in [5.41, 5.74) is 8.57. The molecule has 0 aromatic heterocycles. The topological polar surface area (TPSA) is 29.3 Å². The number of nitrogens with two attached hydrogens (primary N) is 1. The number of rotatable bonds is 1. The van der Waals surface area contributed by atoms with E-state index in [9.17, 15) is 0 Å². The van der Waals surface area contributed by atoms with E-state index in [-0.39, 0.29) is 0 Å². The third-order valence-corrected chi connectivity index (χ3v) is 3.65. The Labute approximate surface area is 84.7 Å². The van der Waals surface area contributed by atoms with Crippen molar-refractivity contribution in [3.63, 3.8) is 0 Å². The van der Waals surface area contributed by atoms with Gasteiger partial charge < -0.3 is 10.6 Å². The van der Waals surface area contributed by atoms with Gasteiger partial charge in [0.2, 0.25) is 0 Å². The van der Waals surface area contributed by atoms with Crippen molar-refractivity contribution in [2.75, 3.05) is 23.7 Å². The molecule has 1 aliphatic heterocycles. The summed E-state index contributed by atoms with van der Waals surface area (Å²) in [7, 11) is 0. The first-order valence-electron chi connectivity index (χ1n) is 5.38. The first-order chi connectivity index (χ1) is 6.77. The third kappa shape index (κ3) is 1.26. The van der Waals surface area contributed by atoms with E-state index in [0.717, 1.165) is 5.69 Å². The first-order valence-corrected chi connectivity index (χ1v) is 5.38. The molecule has 14 heavy (non-hydrogen) atoms. The van der Waals surface area contributed by atoms with Gasteiger partial charge in [-0.15, -0.1) is 0 Å². The number of hydrogen-bond donors (Lipinski definition) is 1. The highest BCUT2D eigenvalue weighted by atomic mass is 15.2. The fraction of sp³-hybridized carbons (Fsp3) is 0.500. The van der Waals surface area contributed by atoms with E-state index < -0.39 is 0 Å². The van der Waals surface area contributed by atoms with Crippen molar-refractivity contribution >= 4 is 11.4 Å². The molecule has 3 rings (SSSR count). The third-order valence-electron chi connectivity index (χ3n) is 3.65. The zero-order chi connectivity index (χ0) is 9.60. The standard InChI is InChI=1S/C12H16N2/c13-10-1-3-11(4-2-10)14-8-7-12(9-14)5-6-12/h1-4H,5-9,13H2. The fourth-order valence-corrected chi connectivity index (χ4v) is 2.43. The molecule has 1 heterocycles. The molecule has 0 unspecified atom stereocenters. The molecule has 2 N–H and O–H groups in total. The lowest BCUT2D eigenvalue weighted by Gasteiger charge is -2.18. The summed E-state index contributed by atoms with van der Waals surface area (Å²) in [6.45, 7) is 2.49. The molecule has 2 fully saturated rings. The molecule has 1 saturated heterocycles. The average molecular weight is 188 g/mol. The van der Waals surface area contributed by atoms with Crippen LogP contribution in [0, 0.1) is 5.41 Å². The Morgan fingerprint density at radius 3 is 2.36 bits per heavy atom. The Kier molecular flexibility index (Phi) is 1.55. The molecule has 1 aliphatic carbocycles. The Hall–Kier alpha value is -1.18. The first kappa shape index (κ1) is 8.16. The lowest BCUT2D eigenvalue weighted by atomic mass is 10.1. The number of hydrogen-bond acceptors (Lipinski definition) is 2. The van der Waals surface area contributed by atoms with Gasteiger partial charge in [0.25, 0.3) is 0 Å². The van der Waals surface area contributed by atoms with Crippen LogP contribution in [-0.2, 0) is 0 Å². The normalized spacial score (nSPS) is 23.0. The highest BCUT2D eigenvalue weighted by Crippen LogP contribution is 2.53. The highest BCUT2D eigenvalue weighted by Gasteiger charge is 2.47. The highest BCUT2D eigenvalue weighted by molar-refractivity contribution is 5.54. The van der Waals surface area contributed by atoms with Crippen LogP contribution in [0.25, 0.3) is 0 Å². The Morgan fingerprint density at radius 1 is 1.07 bits per heavy atom. The molecule has 2 aliphatic rings. The zero-order valence-electron chi connectivity index (χ0n) is 8.37. The van der Waals surface area contributed by atoms with Crippen molar-refractivity contribution < 1.29 is 0 Å². The average Bonchev–Trinajstić information content (AvgIpc) is 2.79. The number of nitrogen functional groups attached to an aromatic ring is 1. The van der Waals surface area contributed by atoms with Crippen LogP contribution in [0.15, 0.2) is 24.3 Å². The van der Waals surface area contributed by atoms with Crippen LogP contribution in [0.5, 0.6) is 0 Å². The fourth-order valence-electron chi connectivity index (χ4n) is 2.43. The maximum atomic E-state index is 5.67. The molecule has 1 saturated carbocycles. The van der Waals surface area contributed by atoms with E-state index in [4.69, 9.17) is 5.73 Å². The molecule has 0 bridgehead atoms. The molecule has 1 spiro atoms. The molecule has 0 amide bonds. The van der Waals surface area contributed by atoms with Crippen molar-refractivity contribution in [1.82, 2.24) is 0 Å². The molecule has 74 valence electrons. The van der Waals surface area contributed by atoms with E-state index in [0.29, 0.717) is 5.41 Å². The van der Waals surface area contributed by atoms with Gasteiger partial charge in [-0.3, -0.25) is 0 Å². The van der Waals surface area contributed by atoms with Gasteiger partial charge in [0.05, 0.1) is 0 Å². The van der Waals surface area contributed by atoms with Gasteiger partial charge in [0, 0.05) is 24.5 Å². The second-order valence-corrected chi connectivity index (χ2v) is 4.76. The number of anilines is 2. The second kappa shape index (κ2) is 2.66. The van der Waals surface area contributed by atoms with E-state index >= 15 is 0 Å². The SMILES string of the molecule is Nc1ccc(N2CCC3(CC3)C2)cc1. The smallest absolute Gasteiger partial charge is 0.0367 e. The van der Waals surface area contributed by atoms with Gasteiger partial charge in [0.1, 0.15) is 0 Å².